The number of ether oxygens (including phenoxy) is 4. The van der Waals surface area contributed by atoms with E-state index in [1.807, 2.05) is 0 Å². The number of hydrogen-bond donors (Lipinski definition) is 5. The van der Waals surface area contributed by atoms with Crippen LogP contribution in [0.2, 0.25) is 0 Å². The van der Waals surface area contributed by atoms with E-state index in [9.17, 15) is 38.7 Å². The molecule has 1 heterocycles. The lowest BCUT2D eigenvalue weighted by molar-refractivity contribution is -0.143. The van der Waals surface area contributed by atoms with E-state index in [0.717, 1.165) is 38.5 Å². The van der Waals surface area contributed by atoms with Crippen LogP contribution in [0.15, 0.2) is 0 Å². The normalized spacial score (nSPS) is 13.4. The van der Waals surface area contributed by atoms with E-state index in [-0.39, 0.29) is 102 Å². The molecule has 0 saturated carbocycles. The summed E-state index contributed by atoms with van der Waals surface area (Å²) in [5.41, 5.74) is 0. The predicted molar refractivity (Wildman–Crippen MR) is 224 cm³/mol. The molecule has 1 rings (SSSR count). The smallest absolute Gasteiger partial charge is 0.326 e. The van der Waals surface area contributed by atoms with Gasteiger partial charge in [-0.15, -0.1) is 0 Å². The molecule has 17 nitrogen and oxygen atoms in total. The Morgan fingerprint density at radius 2 is 1.05 bits per heavy atom. The van der Waals surface area contributed by atoms with Crippen LogP contribution in [0.3, 0.4) is 0 Å². The van der Waals surface area contributed by atoms with Gasteiger partial charge in [-0.25, -0.2) is 4.79 Å². The molecular weight excluding hydrogens is 780 g/mol. The van der Waals surface area contributed by atoms with E-state index in [1.54, 1.807) is 11.2 Å². The third-order valence-electron chi connectivity index (χ3n) is 10.3. The van der Waals surface area contributed by atoms with Crippen molar-refractivity contribution in [2.45, 2.75) is 147 Å². The molecule has 60 heavy (non-hydrogen) atoms. The summed E-state index contributed by atoms with van der Waals surface area (Å²) in [5, 5.41) is 26.2. The number of likely N-dealkylation sites (tertiary alicyclic amines) is 1. The zero-order chi connectivity index (χ0) is 43.9. The van der Waals surface area contributed by atoms with E-state index >= 15 is 0 Å². The van der Waals surface area contributed by atoms with Gasteiger partial charge in [-0.1, -0.05) is 89.9 Å². The number of hydrogen-bond acceptors (Lipinski definition) is 11. The molecule has 345 valence electrons. The summed E-state index contributed by atoms with van der Waals surface area (Å²) < 4.78 is 20.7. The van der Waals surface area contributed by atoms with Gasteiger partial charge >= 0.3 is 11.9 Å². The van der Waals surface area contributed by atoms with Gasteiger partial charge in [0.25, 0.3) is 0 Å². The molecule has 1 saturated heterocycles. The average Bonchev–Trinajstić information content (AvgIpc) is 3.23. The quantitative estimate of drug-likeness (QED) is 0.0546. The second kappa shape index (κ2) is 38.3. The third-order valence-corrected chi connectivity index (χ3v) is 10.3. The molecule has 0 aliphatic carbocycles. The second-order valence-corrected chi connectivity index (χ2v) is 15.3. The van der Waals surface area contributed by atoms with Gasteiger partial charge in [0.15, 0.2) is 0 Å². The van der Waals surface area contributed by atoms with Crippen molar-refractivity contribution in [3.8, 4) is 0 Å². The highest BCUT2D eigenvalue weighted by atomic mass is 16.5. The number of aliphatic carboxylic acids is 2. The van der Waals surface area contributed by atoms with Gasteiger partial charge < -0.3 is 50.0 Å². The third kappa shape index (κ3) is 32.1. The molecule has 1 aliphatic rings. The molecule has 1 atom stereocenters. The molecule has 17 heteroatoms. The van der Waals surface area contributed by atoms with E-state index in [0.29, 0.717) is 45.5 Å². The largest absolute Gasteiger partial charge is 0.481 e. The van der Waals surface area contributed by atoms with Crippen molar-refractivity contribution < 1.29 is 62.7 Å². The number of carbonyl (C=O) groups is 6. The molecule has 0 spiro atoms. The topological polar surface area (TPSA) is 236 Å². The number of piperidine rings is 1. The van der Waals surface area contributed by atoms with Crippen LogP contribution in [-0.4, -0.2) is 142 Å². The molecule has 0 aromatic carbocycles. The van der Waals surface area contributed by atoms with Crippen LogP contribution in [0.25, 0.3) is 0 Å². The van der Waals surface area contributed by atoms with E-state index in [4.69, 9.17) is 24.1 Å². The first-order valence-corrected chi connectivity index (χ1v) is 22.4. The maximum atomic E-state index is 12.9. The number of carboxylic acid groups (broad SMARTS) is 2. The maximum Gasteiger partial charge on any atom is 0.326 e. The molecule has 0 aromatic rings. The van der Waals surface area contributed by atoms with Crippen LogP contribution >= 0.6 is 0 Å². The van der Waals surface area contributed by atoms with Crippen molar-refractivity contribution in [3.05, 3.63) is 0 Å². The van der Waals surface area contributed by atoms with Crippen LogP contribution in [0.5, 0.6) is 0 Å². The fraction of sp³-hybridized carbons (Fsp3) is 0.837. The fourth-order valence-corrected chi connectivity index (χ4v) is 6.78. The Balaban J connectivity index is 2.02. The SMILES string of the molecule is O=[C]COCCOCCNC(=O)COCCOCCNC(=O)CC[C@H](NC(=O)C1CCN(C(=O)CCCCCCCCCCCCCCCCCCC(=O)O)CC1)C(=O)O. The number of amides is 4. The minimum Gasteiger partial charge on any atom is -0.481 e. The number of carboxylic acids is 2. The number of unbranched alkanes of at least 4 members (excludes halogenated alkanes) is 15. The van der Waals surface area contributed by atoms with Crippen molar-refractivity contribution in [2.24, 2.45) is 5.92 Å². The molecule has 0 unspecified atom stereocenters. The minimum atomic E-state index is -1.22. The number of rotatable bonds is 41. The summed E-state index contributed by atoms with van der Waals surface area (Å²) in [4.78, 5) is 83.9. The Hall–Kier alpha value is -3.67. The number of carbonyl (C=O) groups excluding carboxylic acids is 5. The molecular formula is C43H75N4O13. The van der Waals surface area contributed by atoms with Crippen LogP contribution in [0.4, 0.5) is 0 Å². The van der Waals surface area contributed by atoms with Crippen molar-refractivity contribution >= 4 is 41.9 Å². The van der Waals surface area contributed by atoms with Crippen molar-refractivity contribution in [2.75, 3.05) is 79.0 Å². The van der Waals surface area contributed by atoms with Crippen LogP contribution < -0.4 is 16.0 Å². The second-order valence-electron chi connectivity index (χ2n) is 15.3. The van der Waals surface area contributed by atoms with Crippen LogP contribution in [-0.2, 0) is 52.5 Å². The summed E-state index contributed by atoms with van der Waals surface area (Å²) in [6, 6.07) is -1.20. The monoisotopic (exact) mass is 856 g/mol. The van der Waals surface area contributed by atoms with Gasteiger partial charge in [-0.3, -0.25) is 28.8 Å². The number of nitrogens with zero attached hydrogens (tertiary/aromatic N) is 1. The Morgan fingerprint density at radius 1 is 0.583 bits per heavy atom. The van der Waals surface area contributed by atoms with Crippen molar-refractivity contribution in [1.29, 1.82) is 0 Å². The minimum absolute atomic E-state index is 0.0659. The molecule has 1 aliphatic heterocycles. The van der Waals surface area contributed by atoms with Crippen LogP contribution in [0, 0.1) is 5.92 Å². The summed E-state index contributed by atoms with van der Waals surface area (Å²) >= 11 is 0. The van der Waals surface area contributed by atoms with E-state index < -0.39 is 18.0 Å². The lowest BCUT2D eigenvalue weighted by atomic mass is 9.95. The Labute approximate surface area is 357 Å². The molecule has 1 fully saturated rings. The van der Waals surface area contributed by atoms with Gasteiger partial charge in [-0.05, 0) is 32.1 Å². The van der Waals surface area contributed by atoms with Gasteiger partial charge in [0.05, 0.1) is 39.6 Å². The predicted octanol–water partition coefficient (Wildman–Crippen LogP) is 4.09. The summed E-state index contributed by atoms with van der Waals surface area (Å²) in [6.45, 7) is 2.60. The molecule has 0 bridgehead atoms. The summed E-state index contributed by atoms with van der Waals surface area (Å²) in [5.74, 6) is -3.25. The molecule has 1 radical (unpaired) electrons. The van der Waals surface area contributed by atoms with Gasteiger partial charge in [0, 0.05) is 51.4 Å². The Bertz CT molecular complexity index is 1180. The zero-order valence-electron chi connectivity index (χ0n) is 36.0. The Kier molecular flexibility index (Phi) is 34.7. The molecule has 0 aromatic heterocycles. The van der Waals surface area contributed by atoms with Gasteiger partial charge in [0.2, 0.25) is 29.9 Å². The first-order valence-electron chi connectivity index (χ1n) is 22.4. The molecule has 4 amide bonds. The van der Waals surface area contributed by atoms with Crippen molar-refractivity contribution in [3.63, 3.8) is 0 Å². The number of nitrogens with one attached hydrogen (secondary N) is 3. The molecule has 5 N–H and O–H groups in total. The highest BCUT2D eigenvalue weighted by Gasteiger charge is 2.30. The van der Waals surface area contributed by atoms with E-state index in [1.165, 1.54) is 64.2 Å². The van der Waals surface area contributed by atoms with Crippen LogP contribution in [0.1, 0.15) is 141 Å². The van der Waals surface area contributed by atoms with Gasteiger partial charge in [-0.2, -0.15) is 0 Å². The van der Waals surface area contributed by atoms with E-state index in [2.05, 4.69) is 16.0 Å². The summed E-state index contributed by atoms with van der Waals surface area (Å²) in [7, 11) is 0. The lowest BCUT2D eigenvalue weighted by Crippen LogP contribution is -2.47. The first-order chi connectivity index (χ1) is 29.1. The van der Waals surface area contributed by atoms with Crippen molar-refractivity contribution in [1.82, 2.24) is 20.9 Å². The zero-order valence-corrected chi connectivity index (χ0v) is 36.0. The highest BCUT2D eigenvalue weighted by Crippen LogP contribution is 2.20. The summed E-state index contributed by atoms with van der Waals surface area (Å²) in [6.07, 6.45) is 21.7. The van der Waals surface area contributed by atoms with Gasteiger partial charge in [0.1, 0.15) is 19.3 Å². The lowest BCUT2D eigenvalue weighted by Gasteiger charge is -2.32. The maximum absolute atomic E-state index is 12.9. The standard InChI is InChI=1S/C43H75N4O13/c48-27-30-59-32-31-57-29-24-45-39(50)35-60-34-33-58-28-23-44-38(49)20-19-37(43(55)56)46-42(54)36-21-25-47(26-22-36)40(51)17-15-13-11-9-7-5-3-1-2-4-6-8-10-12-14-16-18-41(52)53/h36-37H,1-26,28-35H2,(H,44,49)(H,45,50)(H,46,54)(H,52,53)(H,55,56)/t37-/m0/s1. The Morgan fingerprint density at radius 3 is 1.55 bits per heavy atom. The fourth-order valence-electron chi connectivity index (χ4n) is 6.78. The average molecular weight is 856 g/mol. The first kappa shape index (κ1) is 54.3. The highest BCUT2D eigenvalue weighted by molar-refractivity contribution is 5.86.